The highest BCUT2D eigenvalue weighted by Crippen LogP contribution is 2.16. The smallest absolute Gasteiger partial charge is 0.227 e. The summed E-state index contributed by atoms with van der Waals surface area (Å²) in [6, 6.07) is 12.4. The van der Waals surface area contributed by atoms with Gasteiger partial charge in [0, 0.05) is 36.8 Å². The van der Waals surface area contributed by atoms with E-state index < -0.39 is 0 Å². The van der Waals surface area contributed by atoms with Crippen LogP contribution in [0.15, 0.2) is 53.2 Å². The van der Waals surface area contributed by atoms with Crippen LogP contribution in [-0.4, -0.2) is 26.9 Å². The number of nitrogens with zero attached hydrogens (tertiary/aromatic N) is 3. The Morgan fingerprint density at radius 2 is 1.69 bits per heavy atom. The highest BCUT2D eigenvalue weighted by molar-refractivity contribution is 5.93. The van der Waals surface area contributed by atoms with E-state index >= 15 is 0 Å². The maximum absolute atomic E-state index is 12.2. The zero-order valence-electron chi connectivity index (χ0n) is 16.4. The van der Waals surface area contributed by atoms with Crippen molar-refractivity contribution in [3.8, 4) is 11.5 Å². The number of nitrogens with one attached hydrogen (secondary N) is 2. The standard InChI is InChI=1S/C21H23N5O3/c1-14(2)13-19(28)24-16-8-6-15(7-9-16)23-18(27)10-11-20-25-21(26-29-20)17-5-3-4-12-22-17/h3-9,12,14H,10-11,13H2,1-2H3,(H,23,27)(H,24,28). The molecule has 0 aliphatic carbocycles. The number of carbonyl (C=O) groups is 2. The average molecular weight is 393 g/mol. The van der Waals surface area contributed by atoms with E-state index in [9.17, 15) is 9.59 Å². The largest absolute Gasteiger partial charge is 0.339 e. The van der Waals surface area contributed by atoms with E-state index in [4.69, 9.17) is 4.52 Å². The number of rotatable bonds is 8. The SMILES string of the molecule is CC(C)CC(=O)Nc1ccc(NC(=O)CCc2nc(-c3ccccn3)no2)cc1. The Hall–Kier alpha value is -3.55. The van der Waals surface area contributed by atoms with Crippen LogP contribution >= 0.6 is 0 Å². The summed E-state index contributed by atoms with van der Waals surface area (Å²) in [7, 11) is 0. The number of benzene rings is 1. The molecule has 0 unspecified atom stereocenters. The molecule has 2 N–H and O–H groups in total. The number of aryl methyl sites for hydroxylation is 1. The van der Waals surface area contributed by atoms with E-state index in [2.05, 4.69) is 25.8 Å². The van der Waals surface area contributed by atoms with Crippen LogP contribution in [0.3, 0.4) is 0 Å². The lowest BCUT2D eigenvalue weighted by Crippen LogP contribution is -2.14. The van der Waals surface area contributed by atoms with Crippen molar-refractivity contribution in [1.29, 1.82) is 0 Å². The van der Waals surface area contributed by atoms with Gasteiger partial charge in [-0.15, -0.1) is 0 Å². The van der Waals surface area contributed by atoms with Gasteiger partial charge in [-0.2, -0.15) is 4.98 Å². The van der Waals surface area contributed by atoms with Gasteiger partial charge in [0.2, 0.25) is 23.5 Å². The van der Waals surface area contributed by atoms with Crippen LogP contribution in [0.4, 0.5) is 11.4 Å². The number of carbonyl (C=O) groups excluding carboxylic acids is 2. The summed E-state index contributed by atoms with van der Waals surface area (Å²) in [6.07, 6.45) is 2.65. The minimum atomic E-state index is -0.167. The van der Waals surface area contributed by atoms with Gasteiger partial charge >= 0.3 is 0 Å². The second-order valence-electron chi connectivity index (χ2n) is 7.00. The molecule has 0 saturated carbocycles. The zero-order valence-corrected chi connectivity index (χ0v) is 16.4. The topological polar surface area (TPSA) is 110 Å². The maximum atomic E-state index is 12.2. The van der Waals surface area contributed by atoms with Gasteiger partial charge in [0.05, 0.1) is 0 Å². The van der Waals surface area contributed by atoms with Gasteiger partial charge in [0.1, 0.15) is 5.69 Å². The molecule has 0 bridgehead atoms. The third-order valence-electron chi connectivity index (χ3n) is 3.97. The Labute approximate surface area is 168 Å². The van der Waals surface area contributed by atoms with Crippen LogP contribution in [0.1, 0.15) is 32.6 Å². The Bertz CT molecular complexity index is 952. The van der Waals surface area contributed by atoms with Crippen molar-refractivity contribution < 1.29 is 14.1 Å². The van der Waals surface area contributed by atoms with Crippen molar-refractivity contribution in [2.45, 2.75) is 33.1 Å². The third kappa shape index (κ3) is 6.24. The maximum Gasteiger partial charge on any atom is 0.227 e. The van der Waals surface area contributed by atoms with Crippen LogP contribution in [-0.2, 0) is 16.0 Å². The van der Waals surface area contributed by atoms with Gasteiger partial charge in [-0.25, -0.2) is 0 Å². The van der Waals surface area contributed by atoms with Crippen LogP contribution in [0, 0.1) is 5.92 Å². The molecule has 29 heavy (non-hydrogen) atoms. The van der Waals surface area contributed by atoms with E-state index in [1.54, 1.807) is 42.6 Å². The lowest BCUT2D eigenvalue weighted by molar-refractivity contribution is -0.117. The fourth-order valence-electron chi connectivity index (χ4n) is 2.62. The first-order chi connectivity index (χ1) is 14.0. The Kier molecular flexibility index (Phi) is 6.67. The van der Waals surface area contributed by atoms with E-state index in [-0.39, 0.29) is 18.2 Å². The number of anilines is 2. The predicted molar refractivity (Wildman–Crippen MR) is 109 cm³/mol. The number of hydrogen-bond donors (Lipinski definition) is 2. The summed E-state index contributed by atoms with van der Waals surface area (Å²) in [5.41, 5.74) is 1.96. The molecule has 150 valence electrons. The first-order valence-corrected chi connectivity index (χ1v) is 9.43. The minimum Gasteiger partial charge on any atom is -0.339 e. The molecule has 0 fully saturated rings. The Balaban J connectivity index is 1.47. The van der Waals surface area contributed by atoms with Crippen LogP contribution in [0.5, 0.6) is 0 Å². The molecular weight excluding hydrogens is 370 g/mol. The van der Waals surface area contributed by atoms with Crippen LogP contribution in [0.25, 0.3) is 11.5 Å². The Morgan fingerprint density at radius 3 is 2.31 bits per heavy atom. The highest BCUT2D eigenvalue weighted by atomic mass is 16.5. The molecule has 3 rings (SSSR count). The van der Waals surface area contributed by atoms with E-state index in [0.717, 1.165) is 0 Å². The molecule has 2 amide bonds. The van der Waals surface area contributed by atoms with Gasteiger partial charge in [-0.1, -0.05) is 25.1 Å². The fraction of sp³-hybridized carbons (Fsp3) is 0.286. The van der Waals surface area contributed by atoms with Gasteiger partial charge in [-0.05, 0) is 42.3 Å². The van der Waals surface area contributed by atoms with Crippen molar-refractivity contribution >= 4 is 23.2 Å². The molecule has 0 aliphatic rings. The molecule has 3 aromatic rings. The molecule has 1 aromatic carbocycles. The van der Waals surface area contributed by atoms with E-state index in [1.807, 2.05) is 19.9 Å². The fourth-order valence-corrected chi connectivity index (χ4v) is 2.62. The lowest BCUT2D eigenvalue weighted by Gasteiger charge is -2.09. The van der Waals surface area contributed by atoms with Crippen molar-refractivity contribution in [2.75, 3.05) is 10.6 Å². The van der Waals surface area contributed by atoms with Crippen LogP contribution < -0.4 is 10.6 Å². The second-order valence-corrected chi connectivity index (χ2v) is 7.00. The lowest BCUT2D eigenvalue weighted by atomic mass is 10.1. The first kappa shape index (κ1) is 20.2. The van der Waals surface area contributed by atoms with Crippen LogP contribution in [0.2, 0.25) is 0 Å². The molecule has 2 aromatic heterocycles. The quantitative estimate of drug-likeness (QED) is 0.604. The summed E-state index contributed by atoms with van der Waals surface area (Å²) in [5.74, 6) is 0.883. The van der Waals surface area contributed by atoms with Gasteiger partial charge in [0.15, 0.2) is 0 Å². The molecule has 8 nitrogen and oxygen atoms in total. The summed E-state index contributed by atoms with van der Waals surface area (Å²) < 4.78 is 5.18. The summed E-state index contributed by atoms with van der Waals surface area (Å²) in [6.45, 7) is 3.98. The predicted octanol–water partition coefficient (Wildman–Crippen LogP) is 3.69. The van der Waals surface area contributed by atoms with Crippen molar-refractivity contribution in [2.24, 2.45) is 5.92 Å². The molecule has 2 heterocycles. The minimum absolute atomic E-state index is 0.0265. The molecule has 0 saturated heterocycles. The van der Waals surface area contributed by atoms with Gasteiger partial charge < -0.3 is 15.2 Å². The summed E-state index contributed by atoms with van der Waals surface area (Å²) in [5, 5.41) is 9.53. The van der Waals surface area contributed by atoms with E-state index in [0.29, 0.717) is 47.5 Å². The van der Waals surface area contributed by atoms with Crippen molar-refractivity contribution in [1.82, 2.24) is 15.1 Å². The number of amides is 2. The first-order valence-electron chi connectivity index (χ1n) is 9.43. The van der Waals surface area contributed by atoms with Crippen molar-refractivity contribution in [3.63, 3.8) is 0 Å². The van der Waals surface area contributed by atoms with E-state index in [1.165, 1.54) is 0 Å². The normalized spacial score (nSPS) is 10.7. The molecule has 0 atom stereocenters. The molecule has 0 radical (unpaired) electrons. The Morgan fingerprint density at radius 1 is 1.00 bits per heavy atom. The third-order valence-corrected chi connectivity index (χ3v) is 3.97. The zero-order chi connectivity index (χ0) is 20.6. The van der Waals surface area contributed by atoms with Gasteiger partial charge in [0.25, 0.3) is 0 Å². The number of aromatic nitrogens is 3. The summed E-state index contributed by atoms with van der Waals surface area (Å²) in [4.78, 5) is 32.4. The highest BCUT2D eigenvalue weighted by Gasteiger charge is 2.12. The number of pyridine rings is 1. The number of hydrogen-bond acceptors (Lipinski definition) is 6. The monoisotopic (exact) mass is 393 g/mol. The second kappa shape index (κ2) is 9.59. The van der Waals surface area contributed by atoms with Crippen molar-refractivity contribution in [3.05, 3.63) is 54.6 Å². The average Bonchev–Trinajstić information content (AvgIpc) is 3.17. The molecule has 8 heteroatoms. The summed E-state index contributed by atoms with van der Waals surface area (Å²) >= 11 is 0. The molecule has 0 aliphatic heterocycles. The molecule has 0 spiro atoms. The molecular formula is C21H23N5O3. The van der Waals surface area contributed by atoms with Gasteiger partial charge in [-0.3, -0.25) is 14.6 Å².